The zero-order valence-electron chi connectivity index (χ0n) is 14.5. The quantitative estimate of drug-likeness (QED) is 0.560. The fourth-order valence-corrected chi connectivity index (χ4v) is 2.98. The van der Waals surface area contributed by atoms with E-state index in [9.17, 15) is 0 Å². The Morgan fingerprint density at radius 1 is 1.12 bits per heavy atom. The fraction of sp³-hybridized carbons (Fsp3) is 0.333. The third-order valence-electron chi connectivity index (χ3n) is 4.42. The molecule has 0 fully saturated rings. The second kappa shape index (κ2) is 5.84. The molecule has 0 atom stereocenters. The number of nitrogens with zero attached hydrogens (tertiary/aromatic N) is 6. The minimum atomic E-state index is -0.501. The number of aryl methyl sites for hydroxylation is 1. The van der Waals surface area contributed by atoms with Crippen LogP contribution in [0.5, 0.6) is 0 Å². The number of aromatic nitrogens is 6. The summed E-state index contributed by atoms with van der Waals surface area (Å²) in [6.45, 7) is 6.63. The molecule has 128 valence electrons. The largest absolute Gasteiger partial charge is 0.337 e. The van der Waals surface area contributed by atoms with E-state index in [4.69, 9.17) is 4.52 Å². The first-order valence-corrected chi connectivity index (χ1v) is 8.37. The minimum Gasteiger partial charge on any atom is -0.337 e. The van der Waals surface area contributed by atoms with Gasteiger partial charge in [-0.3, -0.25) is 4.68 Å². The average Bonchev–Trinajstić information content (AvgIpc) is 3.35. The first kappa shape index (κ1) is 15.6. The van der Waals surface area contributed by atoms with Gasteiger partial charge in [0.25, 0.3) is 5.89 Å². The van der Waals surface area contributed by atoms with Crippen molar-refractivity contribution < 1.29 is 4.52 Å². The van der Waals surface area contributed by atoms with Crippen LogP contribution in [0.2, 0.25) is 0 Å². The Hall–Kier alpha value is -2.96. The summed E-state index contributed by atoms with van der Waals surface area (Å²) >= 11 is 0. The van der Waals surface area contributed by atoms with Gasteiger partial charge in [0, 0.05) is 18.8 Å². The predicted octanol–water partition coefficient (Wildman–Crippen LogP) is 3.01. The van der Waals surface area contributed by atoms with Crippen molar-refractivity contribution in [2.24, 2.45) is 0 Å². The van der Waals surface area contributed by atoms with Crippen LogP contribution in [0.25, 0.3) is 11.0 Å². The number of hydrogen-bond donors (Lipinski definition) is 0. The molecule has 0 unspecified atom stereocenters. The van der Waals surface area contributed by atoms with E-state index in [1.165, 1.54) is 0 Å². The molecule has 0 aliphatic carbocycles. The normalized spacial score (nSPS) is 12.1. The van der Waals surface area contributed by atoms with Gasteiger partial charge in [-0.25, -0.2) is 4.98 Å². The van der Waals surface area contributed by atoms with Gasteiger partial charge >= 0.3 is 0 Å². The number of rotatable bonds is 5. The van der Waals surface area contributed by atoms with E-state index in [0.29, 0.717) is 18.3 Å². The lowest BCUT2D eigenvalue weighted by Crippen LogP contribution is -2.28. The fourth-order valence-electron chi connectivity index (χ4n) is 2.98. The SMILES string of the molecule is CCc1nc2ccccc2n1Cc1noc(C(C)(C)n2cccn2)n1. The highest BCUT2D eigenvalue weighted by Crippen LogP contribution is 2.23. The Bertz CT molecular complexity index is 996. The second-order valence-electron chi connectivity index (χ2n) is 6.48. The van der Waals surface area contributed by atoms with Gasteiger partial charge in [-0.05, 0) is 32.0 Å². The van der Waals surface area contributed by atoms with Gasteiger partial charge in [0.15, 0.2) is 5.82 Å². The molecule has 4 rings (SSSR count). The van der Waals surface area contributed by atoms with Crippen molar-refractivity contribution in [1.82, 2.24) is 29.5 Å². The summed E-state index contributed by atoms with van der Waals surface area (Å²) in [5.41, 5.74) is 1.57. The average molecular weight is 336 g/mol. The van der Waals surface area contributed by atoms with Crippen LogP contribution in [0, 0.1) is 0 Å². The zero-order valence-corrected chi connectivity index (χ0v) is 14.5. The topological polar surface area (TPSA) is 74.6 Å². The minimum absolute atomic E-state index is 0.501. The van der Waals surface area contributed by atoms with Crippen LogP contribution in [0.1, 0.15) is 38.3 Å². The molecule has 0 aliphatic heterocycles. The van der Waals surface area contributed by atoms with E-state index in [2.05, 4.69) is 37.8 Å². The third-order valence-corrected chi connectivity index (χ3v) is 4.42. The lowest BCUT2D eigenvalue weighted by molar-refractivity contribution is 0.260. The van der Waals surface area contributed by atoms with Gasteiger partial charge in [0.2, 0.25) is 0 Å². The van der Waals surface area contributed by atoms with E-state index in [1.807, 2.05) is 49.0 Å². The summed E-state index contributed by atoms with van der Waals surface area (Å²) in [6.07, 6.45) is 4.48. The van der Waals surface area contributed by atoms with Crippen molar-refractivity contribution in [2.45, 2.75) is 39.3 Å². The lowest BCUT2D eigenvalue weighted by Gasteiger charge is -2.20. The molecule has 0 saturated heterocycles. The van der Waals surface area contributed by atoms with E-state index >= 15 is 0 Å². The maximum Gasteiger partial charge on any atom is 0.254 e. The third kappa shape index (κ3) is 2.61. The second-order valence-corrected chi connectivity index (χ2v) is 6.48. The maximum absolute atomic E-state index is 5.53. The Labute approximate surface area is 145 Å². The molecule has 7 nitrogen and oxygen atoms in total. The number of imidazole rings is 1. The number of para-hydroxylation sites is 2. The summed E-state index contributed by atoms with van der Waals surface area (Å²) < 4.78 is 9.49. The van der Waals surface area contributed by atoms with Crippen LogP contribution >= 0.6 is 0 Å². The summed E-state index contributed by atoms with van der Waals surface area (Å²) in [5.74, 6) is 2.18. The van der Waals surface area contributed by atoms with Crippen LogP contribution in [-0.4, -0.2) is 29.5 Å². The molecule has 0 amide bonds. The highest BCUT2D eigenvalue weighted by Gasteiger charge is 2.30. The number of hydrogen-bond acceptors (Lipinski definition) is 5. The number of fused-ring (bicyclic) bond motifs is 1. The molecule has 0 saturated carbocycles. The van der Waals surface area contributed by atoms with Crippen molar-refractivity contribution in [3.05, 3.63) is 60.3 Å². The van der Waals surface area contributed by atoms with Crippen molar-refractivity contribution in [2.75, 3.05) is 0 Å². The molecule has 0 bridgehead atoms. The van der Waals surface area contributed by atoms with Crippen molar-refractivity contribution in [1.29, 1.82) is 0 Å². The Balaban J connectivity index is 1.68. The van der Waals surface area contributed by atoms with Crippen molar-refractivity contribution in [3.8, 4) is 0 Å². The number of benzene rings is 1. The van der Waals surface area contributed by atoms with Gasteiger partial charge < -0.3 is 9.09 Å². The van der Waals surface area contributed by atoms with Gasteiger partial charge in [0.1, 0.15) is 11.4 Å². The Kier molecular flexibility index (Phi) is 3.63. The Morgan fingerprint density at radius 2 is 1.96 bits per heavy atom. The molecular weight excluding hydrogens is 316 g/mol. The molecular formula is C18H20N6O. The summed E-state index contributed by atoms with van der Waals surface area (Å²) in [6, 6.07) is 9.98. The van der Waals surface area contributed by atoms with Crippen LogP contribution in [0.4, 0.5) is 0 Å². The van der Waals surface area contributed by atoms with E-state index in [-0.39, 0.29) is 0 Å². The summed E-state index contributed by atoms with van der Waals surface area (Å²) in [7, 11) is 0. The van der Waals surface area contributed by atoms with Crippen molar-refractivity contribution in [3.63, 3.8) is 0 Å². The molecule has 0 N–H and O–H groups in total. The maximum atomic E-state index is 5.53. The molecule has 3 heterocycles. The molecule has 0 aliphatic rings. The van der Waals surface area contributed by atoms with E-state index < -0.39 is 5.54 Å². The highest BCUT2D eigenvalue weighted by atomic mass is 16.5. The van der Waals surface area contributed by atoms with E-state index in [0.717, 1.165) is 23.3 Å². The van der Waals surface area contributed by atoms with Crippen LogP contribution in [0.3, 0.4) is 0 Å². The van der Waals surface area contributed by atoms with Crippen molar-refractivity contribution >= 4 is 11.0 Å². The van der Waals surface area contributed by atoms with Crippen LogP contribution in [0.15, 0.2) is 47.2 Å². The molecule has 25 heavy (non-hydrogen) atoms. The van der Waals surface area contributed by atoms with Gasteiger partial charge in [-0.1, -0.05) is 24.2 Å². The van der Waals surface area contributed by atoms with Crippen LogP contribution in [-0.2, 0) is 18.5 Å². The first-order chi connectivity index (χ1) is 12.1. The standard InChI is InChI=1S/C18H20N6O/c1-4-16-20-13-8-5-6-9-14(13)23(16)12-15-21-17(25-22-15)18(2,3)24-11-7-10-19-24/h5-11H,4,12H2,1-3H3. The molecule has 7 heteroatoms. The van der Waals surface area contributed by atoms with E-state index in [1.54, 1.807) is 6.20 Å². The van der Waals surface area contributed by atoms with Crippen LogP contribution < -0.4 is 0 Å². The smallest absolute Gasteiger partial charge is 0.254 e. The molecule has 3 aromatic heterocycles. The molecule has 0 spiro atoms. The zero-order chi connectivity index (χ0) is 17.4. The molecule has 1 aromatic carbocycles. The Morgan fingerprint density at radius 3 is 2.72 bits per heavy atom. The van der Waals surface area contributed by atoms with Gasteiger partial charge in [-0.2, -0.15) is 10.1 Å². The lowest BCUT2D eigenvalue weighted by atomic mass is 10.1. The first-order valence-electron chi connectivity index (χ1n) is 8.37. The highest BCUT2D eigenvalue weighted by molar-refractivity contribution is 5.75. The predicted molar refractivity (Wildman–Crippen MR) is 93.2 cm³/mol. The summed E-state index contributed by atoms with van der Waals surface area (Å²) in [4.78, 5) is 9.29. The summed E-state index contributed by atoms with van der Waals surface area (Å²) in [5, 5.41) is 8.46. The molecule has 4 aromatic rings. The van der Waals surface area contributed by atoms with Gasteiger partial charge in [0.05, 0.1) is 17.6 Å². The van der Waals surface area contributed by atoms with Gasteiger partial charge in [-0.15, -0.1) is 0 Å². The molecule has 0 radical (unpaired) electrons. The monoisotopic (exact) mass is 336 g/mol.